The molecule has 29 heavy (non-hydrogen) atoms. The van der Waals surface area contributed by atoms with Gasteiger partial charge in [0.15, 0.2) is 0 Å². The quantitative estimate of drug-likeness (QED) is 0.663. The van der Waals surface area contributed by atoms with Crippen LogP contribution in [0.2, 0.25) is 5.02 Å². The van der Waals surface area contributed by atoms with E-state index in [1.165, 1.54) is 18.2 Å². The summed E-state index contributed by atoms with van der Waals surface area (Å²) < 4.78 is 13.3. The fourth-order valence-electron chi connectivity index (χ4n) is 3.53. The van der Waals surface area contributed by atoms with E-state index in [2.05, 4.69) is 10.6 Å². The lowest BCUT2D eigenvalue weighted by Crippen LogP contribution is -2.36. The molecule has 1 aliphatic carbocycles. The first-order chi connectivity index (χ1) is 13.9. The molecule has 3 N–H and O–H groups in total. The number of carbonyl (C=O) groups is 3. The highest BCUT2D eigenvalue weighted by atomic mass is 35.5. The molecule has 2 atom stereocenters. The van der Waals surface area contributed by atoms with E-state index >= 15 is 0 Å². The Hall–Kier alpha value is -2.93. The minimum atomic E-state index is -0.982. The number of nitrogens with one attached hydrogen (secondary N) is 2. The number of rotatable bonds is 5. The molecule has 0 radical (unpaired) electrons. The first-order valence-corrected chi connectivity index (χ1v) is 9.63. The number of hydrogen-bond acceptors (Lipinski definition) is 3. The monoisotopic (exact) mass is 418 g/mol. The maximum absolute atomic E-state index is 13.3. The number of hydrogen-bond donors (Lipinski definition) is 3. The van der Waals surface area contributed by atoms with E-state index in [-0.39, 0.29) is 16.3 Å². The minimum Gasteiger partial charge on any atom is -0.481 e. The van der Waals surface area contributed by atoms with Gasteiger partial charge in [-0.3, -0.25) is 14.4 Å². The molecule has 0 aliphatic heterocycles. The van der Waals surface area contributed by atoms with Gasteiger partial charge in [-0.05, 0) is 43.2 Å². The summed E-state index contributed by atoms with van der Waals surface area (Å²) in [6.45, 7) is 0. The summed E-state index contributed by atoms with van der Waals surface area (Å²) >= 11 is 5.74. The molecule has 0 saturated heterocycles. The third kappa shape index (κ3) is 4.92. The molecule has 0 bridgehead atoms. The van der Waals surface area contributed by atoms with Crippen molar-refractivity contribution in [3.05, 3.63) is 58.9 Å². The number of aliphatic carboxylic acids is 1. The number of benzene rings is 2. The van der Waals surface area contributed by atoms with Gasteiger partial charge in [-0.2, -0.15) is 0 Å². The molecule has 0 spiro atoms. The Morgan fingerprint density at radius 2 is 1.69 bits per heavy atom. The number of carboxylic acid groups (broad SMARTS) is 1. The maximum atomic E-state index is 13.3. The van der Waals surface area contributed by atoms with Crippen molar-refractivity contribution in [3.8, 4) is 0 Å². The normalized spacial score (nSPS) is 18.7. The molecule has 2 amide bonds. The van der Waals surface area contributed by atoms with Gasteiger partial charge in [-0.25, -0.2) is 4.39 Å². The zero-order valence-electron chi connectivity index (χ0n) is 15.5. The second kappa shape index (κ2) is 9.05. The van der Waals surface area contributed by atoms with Crippen LogP contribution >= 0.6 is 11.6 Å². The van der Waals surface area contributed by atoms with Crippen LogP contribution in [0.25, 0.3) is 0 Å². The van der Waals surface area contributed by atoms with Crippen molar-refractivity contribution in [1.82, 2.24) is 0 Å². The van der Waals surface area contributed by atoms with Gasteiger partial charge >= 0.3 is 5.97 Å². The lowest BCUT2D eigenvalue weighted by atomic mass is 9.78. The van der Waals surface area contributed by atoms with Gasteiger partial charge in [0.1, 0.15) is 5.82 Å². The highest BCUT2D eigenvalue weighted by Gasteiger charge is 2.36. The van der Waals surface area contributed by atoms with Crippen LogP contribution in [0.4, 0.5) is 15.8 Å². The van der Waals surface area contributed by atoms with Crippen LogP contribution in [0.1, 0.15) is 36.0 Å². The van der Waals surface area contributed by atoms with Gasteiger partial charge in [-0.1, -0.05) is 36.6 Å². The Kier molecular flexibility index (Phi) is 6.49. The number of amides is 2. The number of carbonyl (C=O) groups excluding carboxylic acids is 2. The molecule has 0 aromatic heterocycles. The zero-order valence-corrected chi connectivity index (χ0v) is 16.2. The summed E-state index contributed by atoms with van der Waals surface area (Å²) in [7, 11) is 0. The third-order valence-electron chi connectivity index (χ3n) is 5.03. The van der Waals surface area contributed by atoms with E-state index < -0.39 is 35.4 Å². The van der Waals surface area contributed by atoms with Crippen LogP contribution < -0.4 is 10.6 Å². The van der Waals surface area contributed by atoms with Gasteiger partial charge in [0.25, 0.3) is 5.91 Å². The minimum absolute atomic E-state index is 0.124. The van der Waals surface area contributed by atoms with Crippen LogP contribution in [0, 0.1) is 17.7 Å². The van der Waals surface area contributed by atoms with Crippen molar-refractivity contribution in [1.29, 1.82) is 0 Å². The molecule has 2 aromatic rings. The Bertz CT molecular complexity index is 950. The lowest BCUT2D eigenvalue weighted by Gasteiger charge is -2.27. The van der Waals surface area contributed by atoms with E-state index in [9.17, 15) is 23.9 Å². The second-order valence-corrected chi connectivity index (χ2v) is 7.36. The van der Waals surface area contributed by atoms with Crippen molar-refractivity contribution < 1.29 is 23.9 Å². The van der Waals surface area contributed by atoms with Gasteiger partial charge in [0.05, 0.1) is 28.1 Å². The molecular weight excluding hydrogens is 399 g/mol. The molecule has 1 aliphatic rings. The van der Waals surface area contributed by atoms with E-state index in [0.717, 1.165) is 18.9 Å². The molecule has 1 saturated carbocycles. The van der Waals surface area contributed by atoms with Crippen molar-refractivity contribution in [3.63, 3.8) is 0 Å². The summed E-state index contributed by atoms with van der Waals surface area (Å²) in [6, 6.07) is 10.2. The van der Waals surface area contributed by atoms with Crippen LogP contribution in [0.5, 0.6) is 0 Å². The Labute approximate surface area is 172 Å². The van der Waals surface area contributed by atoms with E-state index in [4.69, 9.17) is 11.6 Å². The van der Waals surface area contributed by atoms with Crippen LogP contribution in [0.15, 0.2) is 42.5 Å². The van der Waals surface area contributed by atoms with Gasteiger partial charge < -0.3 is 15.7 Å². The highest BCUT2D eigenvalue weighted by molar-refractivity contribution is 6.31. The number of para-hydroxylation sites is 1. The Morgan fingerprint density at radius 3 is 2.38 bits per heavy atom. The predicted octanol–water partition coefficient (Wildman–Crippen LogP) is 4.56. The first kappa shape index (κ1) is 20.8. The van der Waals surface area contributed by atoms with Gasteiger partial charge in [-0.15, -0.1) is 0 Å². The highest BCUT2D eigenvalue weighted by Crippen LogP contribution is 2.32. The number of carboxylic acids is 1. The van der Waals surface area contributed by atoms with Crippen LogP contribution in [-0.4, -0.2) is 22.9 Å². The average Bonchev–Trinajstić information content (AvgIpc) is 2.71. The van der Waals surface area contributed by atoms with Crippen molar-refractivity contribution in [2.24, 2.45) is 11.8 Å². The van der Waals surface area contributed by atoms with E-state index in [1.54, 1.807) is 18.2 Å². The van der Waals surface area contributed by atoms with Gasteiger partial charge in [0.2, 0.25) is 5.91 Å². The van der Waals surface area contributed by atoms with Crippen molar-refractivity contribution >= 4 is 40.8 Å². The van der Waals surface area contributed by atoms with E-state index in [1.807, 2.05) is 0 Å². The Balaban J connectivity index is 1.77. The standard InChI is InChI=1S/C21H20ClFN2O4/c22-16-11-12(9-10-17(16)23)24-20(27)15-7-3-4-8-18(15)25-19(26)13-5-1-2-6-14(13)21(28)29/h3-4,7-11,13-14H,1-2,5-6H2,(H,24,27)(H,25,26)(H,28,29)/t13-,14-/m0/s1. The topological polar surface area (TPSA) is 95.5 Å². The molecule has 3 rings (SSSR count). The Morgan fingerprint density at radius 1 is 1.00 bits per heavy atom. The zero-order chi connectivity index (χ0) is 21.0. The van der Waals surface area contributed by atoms with Crippen LogP contribution in [0.3, 0.4) is 0 Å². The number of anilines is 2. The summed E-state index contributed by atoms with van der Waals surface area (Å²) in [5, 5.41) is 14.6. The summed E-state index contributed by atoms with van der Waals surface area (Å²) in [4.78, 5) is 36.9. The molecule has 8 heteroatoms. The maximum Gasteiger partial charge on any atom is 0.307 e. The fraction of sp³-hybridized carbons (Fsp3) is 0.286. The third-order valence-corrected chi connectivity index (χ3v) is 5.32. The number of halogens is 2. The molecular formula is C21H20ClFN2O4. The molecule has 0 heterocycles. The SMILES string of the molecule is O=C(Nc1ccc(F)c(Cl)c1)c1ccccc1NC(=O)[C@H]1CCCC[C@@H]1C(=O)O. The second-order valence-electron chi connectivity index (χ2n) is 6.95. The molecule has 2 aromatic carbocycles. The molecule has 0 unspecified atom stereocenters. The smallest absolute Gasteiger partial charge is 0.307 e. The molecule has 1 fully saturated rings. The van der Waals surface area contributed by atoms with Gasteiger partial charge in [0, 0.05) is 5.69 Å². The van der Waals surface area contributed by atoms with E-state index in [0.29, 0.717) is 18.5 Å². The average molecular weight is 419 g/mol. The summed E-state index contributed by atoms with van der Waals surface area (Å²) in [5.74, 6) is -3.88. The molecule has 6 nitrogen and oxygen atoms in total. The molecule has 152 valence electrons. The predicted molar refractivity (Wildman–Crippen MR) is 108 cm³/mol. The van der Waals surface area contributed by atoms with Crippen molar-refractivity contribution in [2.75, 3.05) is 10.6 Å². The summed E-state index contributed by atoms with van der Waals surface area (Å²) in [6.07, 6.45) is 2.52. The summed E-state index contributed by atoms with van der Waals surface area (Å²) in [5.41, 5.74) is 0.780. The van der Waals surface area contributed by atoms with Crippen molar-refractivity contribution in [2.45, 2.75) is 25.7 Å². The fourth-order valence-corrected chi connectivity index (χ4v) is 3.71. The first-order valence-electron chi connectivity index (χ1n) is 9.26. The largest absolute Gasteiger partial charge is 0.481 e. The van der Waals surface area contributed by atoms with Crippen LogP contribution in [-0.2, 0) is 9.59 Å². The lowest BCUT2D eigenvalue weighted by molar-refractivity contribution is -0.147.